The van der Waals surface area contributed by atoms with Gasteiger partial charge in [-0.3, -0.25) is 0 Å². The number of hydrogen-bond donors (Lipinski definition) is 1. The molecule has 5 heteroatoms. The van der Waals surface area contributed by atoms with Crippen molar-refractivity contribution in [3.05, 3.63) is 29.8 Å². The van der Waals surface area contributed by atoms with Crippen LogP contribution < -0.4 is 10.5 Å². The lowest BCUT2D eigenvalue weighted by Gasteiger charge is -2.31. The zero-order valence-electron chi connectivity index (χ0n) is 12.2. The van der Waals surface area contributed by atoms with Crippen molar-refractivity contribution in [2.45, 2.75) is 26.3 Å². The summed E-state index contributed by atoms with van der Waals surface area (Å²) in [6.07, 6.45) is 2.50. The zero-order valence-corrected chi connectivity index (χ0v) is 14.5. The molecule has 20 heavy (non-hydrogen) atoms. The molecule has 2 rings (SSSR count). The highest BCUT2D eigenvalue weighted by Gasteiger charge is 2.17. The number of nitrogens with two attached hydrogens (primary N) is 1. The molecule has 4 nitrogen and oxygen atoms in total. The fourth-order valence-electron chi connectivity index (χ4n) is 2.44. The van der Waals surface area contributed by atoms with Gasteiger partial charge in [0.1, 0.15) is 5.75 Å². The van der Waals surface area contributed by atoms with Crippen LogP contribution in [0.15, 0.2) is 29.3 Å². The van der Waals surface area contributed by atoms with Gasteiger partial charge in [0.25, 0.3) is 0 Å². The van der Waals surface area contributed by atoms with Crippen LogP contribution in [0.3, 0.4) is 0 Å². The number of aliphatic imine (C=N–C) groups is 1. The minimum atomic E-state index is 0. The first-order valence-corrected chi connectivity index (χ1v) is 6.87. The number of benzene rings is 1. The molecule has 2 N–H and O–H groups in total. The predicted octanol–water partition coefficient (Wildman–Crippen LogP) is 2.86. The van der Waals surface area contributed by atoms with E-state index in [1.807, 2.05) is 24.3 Å². The van der Waals surface area contributed by atoms with Gasteiger partial charge >= 0.3 is 0 Å². The van der Waals surface area contributed by atoms with E-state index in [2.05, 4.69) is 16.8 Å². The molecule has 1 heterocycles. The Morgan fingerprint density at radius 2 is 2.30 bits per heavy atom. The Morgan fingerprint density at radius 3 is 3.00 bits per heavy atom. The molecule has 1 atom stereocenters. The number of rotatable bonds is 3. The average molecular weight is 389 g/mol. The Balaban J connectivity index is 0.00000200. The lowest BCUT2D eigenvalue weighted by molar-refractivity contribution is 0.270. The van der Waals surface area contributed by atoms with Gasteiger partial charge in [0.05, 0.1) is 13.7 Å². The first-order valence-electron chi connectivity index (χ1n) is 6.87. The molecule has 0 radical (unpaired) electrons. The van der Waals surface area contributed by atoms with E-state index in [0.29, 0.717) is 18.4 Å². The van der Waals surface area contributed by atoms with Gasteiger partial charge in [-0.2, -0.15) is 0 Å². The highest BCUT2D eigenvalue weighted by atomic mass is 127. The molecule has 1 saturated heterocycles. The first-order chi connectivity index (χ1) is 9.19. The Morgan fingerprint density at radius 1 is 1.50 bits per heavy atom. The van der Waals surface area contributed by atoms with Gasteiger partial charge in [-0.15, -0.1) is 24.0 Å². The van der Waals surface area contributed by atoms with Crippen LogP contribution in [-0.2, 0) is 6.54 Å². The number of guanidine groups is 1. The van der Waals surface area contributed by atoms with E-state index >= 15 is 0 Å². The topological polar surface area (TPSA) is 50.9 Å². The van der Waals surface area contributed by atoms with Gasteiger partial charge in [-0.05, 0) is 36.5 Å². The molecule has 1 fully saturated rings. The van der Waals surface area contributed by atoms with Gasteiger partial charge in [-0.25, -0.2) is 4.99 Å². The molecular formula is C15H24IN3O. The van der Waals surface area contributed by atoms with Crippen molar-refractivity contribution in [1.29, 1.82) is 0 Å². The molecule has 0 amide bonds. The smallest absolute Gasteiger partial charge is 0.191 e. The van der Waals surface area contributed by atoms with Crippen molar-refractivity contribution < 1.29 is 4.74 Å². The molecule has 1 aliphatic heterocycles. The van der Waals surface area contributed by atoms with Crippen LogP contribution in [0.4, 0.5) is 0 Å². The largest absolute Gasteiger partial charge is 0.497 e. The van der Waals surface area contributed by atoms with Gasteiger partial charge < -0.3 is 15.4 Å². The summed E-state index contributed by atoms with van der Waals surface area (Å²) in [6, 6.07) is 7.94. The molecule has 1 unspecified atom stereocenters. The monoisotopic (exact) mass is 389 g/mol. The maximum atomic E-state index is 6.07. The van der Waals surface area contributed by atoms with Crippen LogP contribution in [0.1, 0.15) is 25.3 Å². The number of piperidine rings is 1. The van der Waals surface area contributed by atoms with E-state index in [4.69, 9.17) is 10.5 Å². The fraction of sp³-hybridized carbons (Fsp3) is 0.533. The highest BCUT2D eigenvalue weighted by Crippen LogP contribution is 2.16. The molecule has 1 aliphatic rings. The number of methoxy groups -OCH3 is 1. The second-order valence-electron chi connectivity index (χ2n) is 5.22. The first kappa shape index (κ1) is 17.1. The summed E-state index contributed by atoms with van der Waals surface area (Å²) in [6.45, 7) is 4.92. The lowest BCUT2D eigenvalue weighted by atomic mass is 10.0. The maximum absolute atomic E-state index is 6.07. The molecule has 0 spiro atoms. The van der Waals surface area contributed by atoms with Crippen LogP contribution in [0.2, 0.25) is 0 Å². The van der Waals surface area contributed by atoms with Crippen LogP contribution in [0, 0.1) is 5.92 Å². The summed E-state index contributed by atoms with van der Waals surface area (Å²) in [5.41, 5.74) is 7.19. The van der Waals surface area contributed by atoms with Crippen molar-refractivity contribution in [2.24, 2.45) is 16.6 Å². The fourth-order valence-corrected chi connectivity index (χ4v) is 2.44. The molecule has 112 valence electrons. The van der Waals surface area contributed by atoms with E-state index in [0.717, 1.165) is 24.4 Å². The van der Waals surface area contributed by atoms with Crippen molar-refractivity contribution in [3.8, 4) is 5.75 Å². The molecule has 0 aromatic heterocycles. The predicted molar refractivity (Wildman–Crippen MR) is 93.7 cm³/mol. The van der Waals surface area contributed by atoms with Crippen molar-refractivity contribution >= 4 is 29.9 Å². The Labute approximate surface area is 138 Å². The third-order valence-electron chi connectivity index (χ3n) is 3.54. The average Bonchev–Trinajstić information content (AvgIpc) is 2.45. The van der Waals surface area contributed by atoms with Gasteiger partial charge in [0.15, 0.2) is 5.96 Å². The lowest BCUT2D eigenvalue weighted by Crippen LogP contribution is -2.43. The SMILES string of the molecule is COc1cccc(CN=C(N)N2CCCC(C)C2)c1.I. The molecule has 0 saturated carbocycles. The number of likely N-dealkylation sites (tertiary alicyclic amines) is 1. The minimum Gasteiger partial charge on any atom is -0.497 e. The van der Waals surface area contributed by atoms with Crippen molar-refractivity contribution in [2.75, 3.05) is 20.2 Å². The van der Waals surface area contributed by atoms with Crippen molar-refractivity contribution in [1.82, 2.24) is 4.90 Å². The summed E-state index contributed by atoms with van der Waals surface area (Å²) in [5, 5.41) is 0. The summed E-state index contributed by atoms with van der Waals surface area (Å²) >= 11 is 0. The van der Waals surface area contributed by atoms with Gasteiger partial charge in [-0.1, -0.05) is 19.1 Å². The van der Waals surface area contributed by atoms with Gasteiger partial charge in [0.2, 0.25) is 0 Å². The van der Waals surface area contributed by atoms with Crippen LogP contribution in [-0.4, -0.2) is 31.1 Å². The second kappa shape index (κ2) is 8.34. The quantitative estimate of drug-likeness (QED) is 0.492. The number of hydrogen-bond acceptors (Lipinski definition) is 2. The second-order valence-corrected chi connectivity index (χ2v) is 5.22. The van der Waals surface area contributed by atoms with E-state index in [1.165, 1.54) is 12.8 Å². The number of halogens is 1. The molecule has 0 aliphatic carbocycles. The summed E-state index contributed by atoms with van der Waals surface area (Å²) < 4.78 is 5.20. The van der Waals surface area contributed by atoms with Crippen LogP contribution in [0.25, 0.3) is 0 Å². The van der Waals surface area contributed by atoms with Gasteiger partial charge in [0, 0.05) is 13.1 Å². The summed E-state index contributed by atoms with van der Waals surface area (Å²) in [5.74, 6) is 2.23. The van der Waals surface area contributed by atoms with E-state index in [-0.39, 0.29) is 24.0 Å². The zero-order chi connectivity index (χ0) is 13.7. The third kappa shape index (κ3) is 4.85. The number of ether oxygens (including phenoxy) is 1. The minimum absolute atomic E-state index is 0. The Hall–Kier alpha value is -0.980. The molecule has 1 aromatic rings. The van der Waals surface area contributed by atoms with Crippen molar-refractivity contribution in [3.63, 3.8) is 0 Å². The van der Waals surface area contributed by atoms with E-state index < -0.39 is 0 Å². The van der Waals surface area contributed by atoms with Crippen LogP contribution >= 0.6 is 24.0 Å². The van der Waals surface area contributed by atoms with E-state index in [9.17, 15) is 0 Å². The normalized spacial score (nSPS) is 19.4. The third-order valence-corrected chi connectivity index (χ3v) is 3.54. The molecular weight excluding hydrogens is 365 g/mol. The number of nitrogens with zero attached hydrogens (tertiary/aromatic N) is 2. The summed E-state index contributed by atoms with van der Waals surface area (Å²) in [4.78, 5) is 6.68. The highest BCUT2D eigenvalue weighted by molar-refractivity contribution is 14.0. The van der Waals surface area contributed by atoms with Crippen LogP contribution in [0.5, 0.6) is 5.75 Å². The molecule has 0 bridgehead atoms. The Kier molecular flexibility index (Phi) is 7.12. The molecule has 1 aromatic carbocycles. The van der Waals surface area contributed by atoms with E-state index in [1.54, 1.807) is 7.11 Å². The Bertz CT molecular complexity index is 450. The standard InChI is InChI=1S/C15H23N3O.HI/c1-12-5-4-8-18(11-12)15(16)17-10-13-6-3-7-14(9-13)19-2;/h3,6-7,9,12H,4-5,8,10-11H2,1-2H3,(H2,16,17);1H. The maximum Gasteiger partial charge on any atom is 0.191 e. The summed E-state index contributed by atoms with van der Waals surface area (Å²) in [7, 11) is 1.67.